The first-order chi connectivity index (χ1) is 5.54. The van der Waals surface area contributed by atoms with E-state index in [-0.39, 0.29) is 0 Å². The molecule has 1 heteroatoms. The second-order valence-corrected chi connectivity index (χ2v) is 2.21. The zero-order valence-electron chi connectivity index (χ0n) is 8.98. The summed E-state index contributed by atoms with van der Waals surface area (Å²) in [5.74, 6) is 0. The van der Waals surface area contributed by atoms with E-state index in [4.69, 9.17) is 7.85 Å². The number of hydrogen-bond donors (Lipinski definition) is 0. The molecular weight excluding hydrogens is 143 g/mol. The van der Waals surface area contributed by atoms with E-state index < -0.39 is 0 Å². The molecule has 0 aliphatic carbocycles. The van der Waals surface area contributed by atoms with Gasteiger partial charge < -0.3 is 0 Å². The van der Waals surface area contributed by atoms with Gasteiger partial charge in [-0.1, -0.05) is 50.5 Å². The van der Waals surface area contributed by atoms with Crippen LogP contribution in [0.5, 0.6) is 0 Å². The third-order valence-corrected chi connectivity index (χ3v) is 0.697. The van der Waals surface area contributed by atoms with Crippen molar-refractivity contribution < 1.29 is 0 Å². The summed E-state index contributed by atoms with van der Waals surface area (Å²) in [6, 6.07) is 0. The molecule has 0 aromatic carbocycles. The topological polar surface area (TPSA) is 0 Å². The second kappa shape index (κ2) is 16.7. The van der Waals surface area contributed by atoms with Crippen LogP contribution in [-0.4, -0.2) is 7.85 Å². The molecular formula is C11H21B. The third-order valence-electron chi connectivity index (χ3n) is 0.697. The minimum absolute atomic E-state index is 0.611. The molecule has 0 saturated carbocycles. The van der Waals surface area contributed by atoms with Crippen LogP contribution in [0.25, 0.3) is 0 Å². The van der Waals surface area contributed by atoms with Gasteiger partial charge in [0.1, 0.15) is 0 Å². The molecule has 0 spiro atoms. The van der Waals surface area contributed by atoms with Crippen molar-refractivity contribution in [2.75, 3.05) is 0 Å². The van der Waals surface area contributed by atoms with Gasteiger partial charge in [0.25, 0.3) is 0 Å². The summed E-state index contributed by atoms with van der Waals surface area (Å²) in [6.45, 7) is 18.4. The molecule has 0 unspecified atom stereocenters. The maximum Gasteiger partial charge on any atom is 0.0711 e. The van der Waals surface area contributed by atoms with Crippen molar-refractivity contribution in [2.45, 2.75) is 34.0 Å². The first-order valence-electron chi connectivity index (χ1n) is 4.17. The Morgan fingerprint density at radius 2 is 1.42 bits per heavy atom. The van der Waals surface area contributed by atoms with Crippen LogP contribution in [0.15, 0.2) is 37.0 Å². The molecule has 68 valence electrons. The zero-order chi connectivity index (χ0) is 10.6. The highest BCUT2D eigenvalue weighted by atomic mass is 13.7. The lowest BCUT2D eigenvalue weighted by Crippen LogP contribution is -1.63. The molecule has 0 N–H and O–H groups in total. The quantitative estimate of drug-likeness (QED) is 0.329. The number of hydrogen-bond acceptors (Lipinski definition) is 0. The third kappa shape index (κ3) is 59.1. The molecule has 0 heterocycles. The Labute approximate surface area is 79.5 Å². The Morgan fingerprint density at radius 3 is 1.42 bits per heavy atom. The van der Waals surface area contributed by atoms with E-state index in [1.165, 1.54) is 0 Å². The Hall–Kier alpha value is -0.715. The molecule has 0 atom stereocenters. The molecule has 0 aromatic rings. The van der Waals surface area contributed by atoms with E-state index in [0.717, 1.165) is 11.1 Å². The first kappa shape index (κ1) is 17.4. The van der Waals surface area contributed by atoms with E-state index in [1.807, 2.05) is 27.7 Å². The van der Waals surface area contributed by atoms with Crippen molar-refractivity contribution in [3.8, 4) is 0 Å². The van der Waals surface area contributed by atoms with Crippen LogP contribution >= 0.6 is 0 Å². The molecule has 0 bridgehead atoms. The van der Waals surface area contributed by atoms with E-state index in [0.29, 0.717) is 6.32 Å². The van der Waals surface area contributed by atoms with Crippen molar-refractivity contribution in [2.24, 2.45) is 0 Å². The predicted octanol–water partition coefficient (Wildman–Crippen LogP) is 3.92. The SMILES string of the molecule is C=CC(=C)C.CC.[B]CC(=C)C. The zero-order valence-corrected chi connectivity index (χ0v) is 8.98. The van der Waals surface area contributed by atoms with Gasteiger partial charge in [0.15, 0.2) is 0 Å². The van der Waals surface area contributed by atoms with Gasteiger partial charge >= 0.3 is 0 Å². The maximum atomic E-state index is 5.07. The minimum Gasteiger partial charge on any atom is -0.101 e. The Kier molecular flexibility index (Phi) is 24.2. The minimum atomic E-state index is 0.611. The van der Waals surface area contributed by atoms with Crippen molar-refractivity contribution in [3.63, 3.8) is 0 Å². The molecule has 0 aromatic heterocycles. The van der Waals surface area contributed by atoms with Gasteiger partial charge in [-0.2, -0.15) is 0 Å². The van der Waals surface area contributed by atoms with Crippen LogP contribution in [0.2, 0.25) is 6.32 Å². The van der Waals surface area contributed by atoms with E-state index in [2.05, 4.69) is 19.7 Å². The van der Waals surface area contributed by atoms with Crippen molar-refractivity contribution in [1.29, 1.82) is 0 Å². The largest absolute Gasteiger partial charge is 0.101 e. The first-order valence-corrected chi connectivity index (χ1v) is 4.17. The molecule has 0 aliphatic rings. The summed E-state index contributed by atoms with van der Waals surface area (Å²) in [4.78, 5) is 0. The van der Waals surface area contributed by atoms with Gasteiger partial charge in [-0.05, 0) is 13.8 Å². The fraction of sp³-hybridized carbons (Fsp3) is 0.455. The molecule has 0 nitrogen and oxygen atoms in total. The molecule has 0 fully saturated rings. The fourth-order valence-corrected chi connectivity index (χ4v) is 0. The predicted molar refractivity (Wildman–Crippen MR) is 61.7 cm³/mol. The smallest absolute Gasteiger partial charge is 0.0711 e. The summed E-state index contributed by atoms with van der Waals surface area (Å²) >= 11 is 0. The van der Waals surface area contributed by atoms with E-state index in [1.54, 1.807) is 6.08 Å². The molecule has 0 amide bonds. The average molecular weight is 164 g/mol. The van der Waals surface area contributed by atoms with Crippen LogP contribution in [0.3, 0.4) is 0 Å². The van der Waals surface area contributed by atoms with Crippen molar-refractivity contribution in [3.05, 3.63) is 37.0 Å². The van der Waals surface area contributed by atoms with Gasteiger partial charge in [0.05, 0.1) is 7.85 Å². The highest BCUT2D eigenvalue weighted by Gasteiger charge is 1.67. The molecule has 12 heavy (non-hydrogen) atoms. The Bertz CT molecular complexity index is 123. The number of allylic oxidation sites excluding steroid dienone is 3. The van der Waals surface area contributed by atoms with E-state index in [9.17, 15) is 0 Å². The van der Waals surface area contributed by atoms with Gasteiger partial charge in [0.2, 0.25) is 0 Å². The number of rotatable bonds is 2. The molecule has 0 aliphatic heterocycles. The summed E-state index contributed by atoms with van der Waals surface area (Å²) in [6.07, 6.45) is 2.33. The highest BCUT2D eigenvalue weighted by molar-refractivity contribution is 6.10. The summed E-state index contributed by atoms with van der Waals surface area (Å²) in [5.41, 5.74) is 2.05. The summed E-state index contributed by atoms with van der Waals surface area (Å²) in [5, 5.41) is 0. The highest BCUT2D eigenvalue weighted by Crippen LogP contribution is 1.86. The average Bonchev–Trinajstić information content (AvgIpc) is 2.09. The molecule has 0 rings (SSSR count). The maximum absolute atomic E-state index is 5.07. The van der Waals surface area contributed by atoms with Crippen LogP contribution in [-0.2, 0) is 0 Å². The lowest BCUT2D eigenvalue weighted by atomic mass is 10.00. The second-order valence-electron chi connectivity index (χ2n) is 2.21. The van der Waals surface area contributed by atoms with Crippen LogP contribution in [0.1, 0.15) is 27.7 Å². The normalized spacial score (nSPS) is 6.33. The lowest BCUT2D eigenvalue weighted by molar-refractivity contribution is 1.41. The van der Waals surface area contributed by atoms with Crippen molar-refractivity contribution >= 4 is 7.85 Å². The summed E-state index contributed by atoms with van der Waals surface area (Å²) < 4.78 is 0. The Morgan fingerprint density at radius 1 is 1.25 bits per heavy atom. The lowest BCUT2D eigenvalue weighted by Gasteiger charge is -1.79. The standard InChI is InChI=1S/C5H8.C4H7B.C2H6/c1-4-5(2)3;1-4(2)3-5;1-2/h4H,1-2H2,3H3;1,3H2,2H3;1-2H3. The molecule has 2 radical (unpaired) electrons. The molecule has 0 saturated heterocycles. The van der Waals surface area contributed by atoms with Crippen LogP contribution in [0.4, 0.5) is 0 Å². The summed E-state index contributed by atoms with van der Waals surface area (Å²) in [7, 11) is 5.07. The fourth-order valence-electron chi connectivity index (χ4n) is 0. The Balaban J connectivity index is -0.000000112. The van der Waals surface area contributed by atoms with Crippen LogP contribution < -0.4 is 0 Å². The van der Waals surface area contributed by atoms with Crippen molar-refractivity contribution in [1.82, 2.24) is 0 Å². The van der Waals surface area contributed by atoms with Gasteiger partial charge in [-0.15, -0.1) is 6.58 Å². The van der Waals surface area contributed by atoms with E-state index >= 15 is 0 Å². The van der Waals surface area contributed by atoms with Gasteiger partial charge in [0, 0.05) is 0 Å². The monoisotopic (exact) mass is 164 g/mol. The van der Waals surface area contributed by atoms with Crippen LogP contribution in [0, 0.1) is 0 Å². The van der Waals surface area contributed by atoms with Gasteiger partial charge in [-0.25, -0.2) is 0 Å². The van der Waals surface area contributed by atoms with Gasteiger partial charge in [-0.3, -0.25) is 0 Å².